The van der Waals surface area contributed by atoms with Crippen molar-refractivity contribution >= 4 is 0 Å². The average molecular weight is 236 g/mol. The van der Waals surface area contributed by atoms with E-state index in [0.29, 0.717) is 6.61 Å². The molecule has 0 heterocycles. The van der Waals surface area contributed by atoms with Crippen LogP contribution in [-0.2, 0) is 11.3 Å². The summed E-state index contributed by atoms with van der Waals surface area (Å²) >= 11 is 0. The van der Waals surface area contributed by atoms with Crippen LogP contribution in [0.5, 0.6) is 0 Å². The molecule has 0 aromatic heterocycles. The van der Waals surface area contributed by atoms with Gasteiger partial charge in [-0.25, -0.2) is 0 Å². The van der Waals surface area contributed by atoms with Gasteiger partial charge in [-0.1, -0.05) is 49.6 Å². The van der Waals surface area contributed by atoms with E-state index in [4.69, 9.17) is 9.84 Å². The molecular formula is C15H24O2. The van der Waals surface area contributed by atoms with Crippen LogP contribution in [0.1, 0.15) is 44.6 Å². The number of unbranched alkanes of at least 4 members (excludes halogenated alkanes) is 3. The molecule has 1 aromatic carbocycles. The van der Waals surface area contributed by atoms with Gasteiger partial charge in [0.25, 0.3) is 0 Å². The Morgan fingerprint density at radius 3 is 2.47 bits per heavy atom. The number of benzene rings is 1. The highest BCUT2D eigenvalue weighted by Crippen LogP contribution is 2.06. The minimum absolute atomic E-state index is 0.149. The monoisotopic (exact) mass is 236 g/mol. The van der Waals surface area contributed by atoms with Crippen LogP contribution in [0.15, 0.2) is 30.3 Å². The fourth-order valence-corrected chi connectivity index (χ4v) is 1.76. The Bertz CT molecular complexity index is 270. The SMILES string of the molecule is C[C@@H](O)CCCCCCOCc1ccccc1. The number of hydrogen-bond donors (Lipinski definition) is 1. The molecule has 0 fully saturated rings. The lowest BCUT2D eigenvalue weighted by atomic mass is 10.1. The van der Waals surface area contributed by atoms with E-state index in [9.17, 15) is 0 Å². The third kappa shape index (κ3) is 7.94. The normalized spacial score (nSPS) is 12.6. The zero-order valence-corrected chi connectivity index (χ0v) is 10.8. The van der Waals surface area contributed by atoms with Gasteiger partial charge in [-0.15, -0.1) is 0 Å². The van der Waals surface area contributed by atoms with E-state index in [-0.39, 0.29) is 6.10 Å². The van der Waals surface area contributed by atoms with Crippen molar-refractivity contribution in [1.29, 1.82) is 0 Å². The largest absolute Gasteiger partial charge is 0.393 e. The molecule has 0 bridgehead atoms. The van der Waals surface area contributed by atoms with Gasteiger partial charge in [0.1, 0.15) is 0 Å². The first kappa shape index (κ1) is 14.2. The topological polar surface area (TPSA) is 29.5 Å². The Balaban J connectivity index is 1.88. The molecule has 0 unspecified atom stereocenters. The first-order chi connectivity index (χ1) is 8.29. The second-order valence-electron chi connectivity index (χ2n) is 4.59. The van der Waals surface area contributed by atoms with Gasteiger partial charge < -0.3 is 9.84 Å². The van der Waals surface area contributed by atoms with Crippen molar-refractivity contribution < 1.29 is 9.84 Å². The average Bonchev–Trinajstić information content (AvgIpc) is 2.33. The van der Waals surface area contributed by atoms with E-state index in [1.54, 1.807) is 0 Å². The molecular weight excluding hydrogens is 212 g/mol. The summed E-state index contributed by atoms with van der Waals surface area (Å²) in [6.45, 7) is 3.40. The summed E-state index contributed by atoms with van der Waals surface area (Å²) < 4.78 is 5.60. The van der Waals surface area contributed by atoms with E-state index >= 15 is 0 Å². The minimum atomic E-state index is -0.149. The third-order valence-corrected chi connectivity index (χ3v) is 2.77. The van der Waals surface area contributed by atoms with Gasteiger partial charge in [0.2, 0.25) is 0 Å². The summed E-state index contributed by atoms with van der Waals surface area (Å²) in [5.41, 5.74) is 1.24. The maximum absolute atomic E-state index is 9.09. The van der Waals surface area contributed by atoms with Crippen molar-refractivity contribution in [3.63, 3.8) is 0 Å². The molecule has 1 N–H and O–H groups in total. The Morgan fingerprint density at radius 1 is 1.06 bits per heavy atom. The van der Waals surface area contributed by atoms with Crippen LogP contribution in [0, 0.1) is 0 Å². The van der Waals surface area contributed by atoms with Crippen LogP contribution in [0.25, 0.3) is 0 Å². The molecule has 0 aliphatic carbocycles. The quantitative estimate of drug-likeness (QED) is 0.665. The highest BCUT2D eigenvalue weighted by Gasteiger charge is 1.96. The fraction of sp³-hybridized carbons (Fsp3) is 0.600. The molecule has 0 amide bonds. The van der Waals surface area contributed by atoms with Gasteiger partial charge in [0.15, 0.2) is 0 Å². The van der Waals surface area contributed by atoms with E-state index in [1.807, 2.05) is 25.1 Å². The van der Waals surface area contributed by atoms with Gasteiger partial charge in [-0.3, -0.25) is 0 Å². The molecule has 0 saturated heterocycles. The maximum atomic E-state index is 9.09. The molecule has 0 spiro atoms. The maximum Gasteiger partial charge on any atom is 0.0716 e. The van der Waals surface area contributed by atoms with Gasteiger partial charge in [0.05, 0.1) is 12.7 Å². The van der Waals surface area contributed by atoms with Crippen molar-refractivity contribution in [1.82, 2.24) is 0 Å². The lowest BCUT2D eigenvalue weighted by Gasteiger charge is -2.05. The second kappa shape index (κ2) is 9.20. The molecule has 96 valence electrons. The second-order valence-corrected chi connectivity index (χ2v) is 4.59. The summed E-state index contributed by atoms with van der Waals surface area (Å²) in [7, 11) is 0. The molecule has 0 aliphatic heterocycles. The van der Waals surface area contributed by atoms with E-state index in [2.05, 4.69) is 12.1 Å². The molecule has 0 saturated carbocycles. The Morgan fingerprint density at radius 2 is 1.76 bits per heavy atom. The predicted octanol–water partition coefficient (Wildman–Crippen LogP) is 3.53. The van der Waals surface area contributed by atoms with Crippen LogP contribution >= 0.6 is 0 Å². The number of hydrogen-bond acceptors (Lipinski definition) is 2. The van der Waals surface area contributed by atoms with Crippen molar-refractivity contribution in [3.05, 3.63) is 35.9 Å². The van der Waals surface area contributed by atoms with Crippen molar-refractivity contribution in [2.24, 2.45) is 0 Å². The van der Waals surface area contributed by atoms with Crippen LogP contribution in [0.3, 0.4) is 0 Å². The van der Waals surface area contributed by atoms with Crippen molar-refractivity contribution in [2.75, 3.05) is 6.61 Å². The Labute approximate surface area is 105 Å². The van der Waals surface area contributed by atoms with Crippen LogP contribution in [-0.4, -0.2) is 17.8 Å². The van der Waals surface area contributed by atoms with Crippen LogP contribution in [0.2, 0.25) is 0 Å². The highest BCUT2D eigenvalue weighted by atomic mass is 16.5. The number of aliphatic hydroxyl groups is 1. The van der Waals surface area contributed by atoms with Gasteiger partial charge in [-0.05, 0) is 25.3 Å². The fourth-order valence-electron chi connectivity index (χ4n) is 1.76. The Hall–Kier alpha value is -0.860. The smallest absolute Gasteiger partial charge is 0.0716 e. The summed E-state index contributed by atoms with van der Waals surface area (Å²) in [5.74, 6) is 0. The van der Waals surface area contributed by atoms with Gasteiger partial charge in [0, 0.05) is 6.61 Å². The first-order valence-corrected chi connectivity index (χ1v) is 6.59. The summed E-state index contributed by atoms with van der Waals surface area (Å²) in [6, 6.07) is 10.3. The number of rotatable bonds is 9. The molecule has 2 nitrogen and oxygen atoms in total. The summed E-state index contributed by atoms with van der Waals surface area (Å²) in [5, 5.41) is 9.09. The first-order valence-electron chi connectivity index (χ1n) is 6.59. The van der Waals surface area contributed by atoms with Crippen LogP contribution < -0.4 is 0 Å². The minimum Gasteiger partial charge on any atom is -0.393 e. The summed E-state index contributed by atoms with van der Waals surface area (Å²) in [4.78, 5) is 0. The molecule has 1 aromatic rings. The zero-order valence-electron chi connectivity index (χ0n) is 10.8. The van der Waals surface area contributed by atoms with E-state index in [1.165, 1.54) is 18.4 Å². The zero-order chi connectivity index (χ0) is 12.3. The highest BCUT2D eigenvalue weighted by molar-refractivity contribution is 5.13. The Kier molecular flexibility index (Phi) is 7.69. The van der Waals surface area contributed by atoms with Gasteiger partial charge >= 0.3 is 0 Å². The number of ether oxygens (including phenoxy) is 1. The molecule has 1 atom stereocenters. The summed E-state index contributed by atoms with van der Waals surface area (Å²) in [6.07, 6.45) is 5.40. The number of aliphatic hydroxyl groups excluding tert-OH is 1. The lowest BCUT2D eigenvalue weighted by molar-refractivity contribution is 0.116. The lowest BCUT2D eigenvalue weighted by Crippen LogP contribution is -1.99. The van der Waals surface area contributed by atoms with Crippen molar-refractivity contribution in [3.8, 4) is 0 Å². The molecule has 1 rings (SSSR count). The molecule has 0 radical (unpaired) electrons. The third-order valence-electron chi connectivity index (χ3n) is 2.77. The molecule has 17 heavy (non-hydrogen) atoms. The molecule has 0 aliphatic rings. The van der Waals surface area contributed by atoms with Crippen LogP contribution in [0.4, 0.5) is 0 Å². The standard InChI is InChI=1S/C15H24O2/c1-14(16)9-5-2-3-8-12-17-13-15-10-6-4-7-11-15/h4,6-7,10-11,14,16H,2-3,5,8-9,12-13H2,1H3/t14-/m1/s1. The molecule has 2 heteroatoms. The van der Waals surface area contributed by atoms with E-state index in [0.717, 1.165) is 25.9 Å². The van der Waals surface area contributed by atoms with Crippen molar-refractivity contribution in [2.45, 2.75) is 51.7 Å². The van der Waals surface area contributed by atoms with Gasteiger partial charge in [-0.2, -0.15) is 0 Å². The predicted molar refractivity (Wildman–Crippen MR) is 70.9 cm³/mol. The van der Waals surface area contributed by atoms with E-state index < -0.39 is 0 Å².